The lowest BCUT2D eigenvalue weighted by Gasteiger charge is -2.37. The van der Waals surface area contributed by atoms with Gasteiger partial charge in [0.2, 0.25) is 0 Å². The molecule has 1 atom stereocenters. The molecular formula is C14H23FNPSi2. The Morgan fingerprint density at radius 2 is 1.42 bits per heavy atom. The third-order valence-electron chi connectivity index (χ3n) is 3.37. The average Bonchev–Trinajstić information content (AvgIpc) is 2.94. The molecule has 1 aliphatic rings. The van der Waals surface area contributed by atoms with Crippen LogP contribution in [0.15, 0.2) is 29.0 Å². The molecule has 0 bridgehead atoms. The van der Waals surface area contributed by atoms with E-state index in [0.717, 1.165) is 10.5 Å². The number of halogens is 1. The van der Waals surface area contributed by atoms with Crippen molar-refractivity contribution in [3.63, 3.8) is 0 Å². The number of hydrogen-bond donors (Lipinski definition) is 0. The van der Waals surface area contributed by atoms with Gasteiger partial charge in [0, 0.05) is 5.56 Å². The molecule has 0 radical (unpaired) electrons. The van der Waals surface area contributed by atoms with Gasteiger partial charge < -0.3 is 0 Å². The van der Waals surface area contributed by atoms with Crippen LogP contribution < -0.4 is 0 Å². The van der Waals surface area contributed by atoms with E-state index in [-0.39, 0.29) is 13.9 Å². The number of hydrogen-bond acceptors (Lipinski definition) is 1. The Hall–Kier alpha value is -0.316. The first kappa shape index (κ1) is 15.1. The van der Waals surface area contributed by atoms with Gasteiger partial charge in [0.05, 0.1) is 29.7 Å². The van der Waals surface area contributed by atoms with E-state index in [0.29, 0.717) is 0 Å². The highest BCUT2D eigenvalue weighted by Gasteiger charge is 2.49. The van der Waals surface area contributed by atoms with Crippen LogP contribution in [0.25, 0.3) is 0 Å². The largest absolute Gasteiger partial charge is 0.253 e. The zero-order valence-electron chi connectivity index (χ0n) is 12.7. The maximum Gasteiger partial charge on any atom is 0.123 e. The summed E-state index contributed by atoms with van der Waals surface area (Å²) < 4.78 is 17.8. The standard InChI is InChI=1S/C14H23FNPSi2/c1-18(2,3)14(19(4,5)6)17-13(16-17)11-7-9-12(15)10-8-11/h7-10,14H,1-6H3. The second-order valence-electron chi connectivity index (χ2n) is 7.41. The van der Waals surface area contributed by atoms with Crippen molar-refractivity contribution in [2.45, 2.75) is 44.2 Å². The summed E-state index contributed by atoms with van der Waals surface area (Å²) in [6, 6.07) is 6.84. The molecule has 0 aliphatic carbocycles. The summed E-state index contributed by atoms with van der Waals surface area (Å²) in [7, 11) is -2.71. The van der Waals surface area contributed by atoms with E-state index in [1.165, 1.54) is 5.45 Å². The molecule has 1 heterocycles. The number of rotatable bonds is 4. The van der Waals surface area contributed by atoms with E-state index >= 15 is 0 Å². The molecule has 104 valence electrons. The Kier molecular flexibility index (Phi) is 3.89. The Morgan fingerprint density at radius 1 is 0.947 bits per heavy atom. The second-order valence-corrected chi connectivity index (χ2v) is 21.4. The summed E-state index contributed by atoms with van der Waals surface area (Å²) >= 11 is 0. The average molecular weight is 311 g/mol. The van der Waals surface area contributed by atoms with Gasteiger partial charge >= 0.3 is 0 Å². The van der Waals surface area contributed by atoms with Gasteiger partial charge in [-0.25, -0.2) is 4.39 Å². The molecule has 0 fully saturated rings. The lowest BCUT2D eigenvalue weighted by Crippen LogP contribution is -2.51. The minimum atomic E-state index is -1.21. The van der Waals surface area contributed by atoms with Crippen LogP contribution in [0.2, 0.25) is 39.3 Å². The van der Waals surface area contributed by atoms with E-state index in [4.69, 9.17) is 4.76 Å². The molecule has 0 saturated carbocycles. The van der Waals surface area contributed by atoms with Gasteiger partial charge in [-0.1, -0.05) is 39.3 Å². The summed E-state index contributed by atoms with van der Waals surface area (Å²) in [5, 5.41) is 0. The van der Waals surface area contributed by atoms with Crippen molar-refractivity contribution in [1.82, 2.24) is 0 Å². The predicted molar refractivity (Wildman–Crippen MR) is 90.3 cm³/mol. The zero-order valence-corrected chi connectivity index (χ0v) is 15.6. The van der Waals surface area contributed by atoms with Crippen LogP contribution in [0.1, 0.15) is 5.56 Å². The van der Waals surface area contributed by atoms with Crippen molar-refractivity contribution in [3.05, 3.63) is 35.6 Å². The van der Waals surface area contributed by atoms with Gasteiger partial charge in [0.1, 0.15) is 5.82 Å². The Labute approximate surface area is 119 Å². The minimum absolute atomic E-state index is 0.165. The van der Waals surface area contributed by atoms with Crippen molar-refractivity contribution in [2.24, 2.45) is 4.76 Å². The molecule has 0 spiro atoms. The SMILES string of the molecule is C[Si](C)(C)C(P1N=C1c1ccc(F)cc1)[Si](C)(C)C. The van der Waals surface area contributed by atoms with Gasteiger partial charge in [-0.15, -0.1) is 0 Å². The highest BCUT2D eigenvalue weighted by Crippen LogP contribution is 2.63. The summed E-state index contributed by atoms with van der Waals surface area (Å²) in [5.41, 5.74) is 2.40. The maximum atomic E-state index is 13.0. The normalized spacial score (nSPS) is 19.6. The lowest BCUT2D eigenvalue weighted by molar-refractivity contribution is 0.628. The molecule has 1 unspecified atom stereocenters. The smallest absolute Gasteiger partial charge is 0.123 e. The molecule has 1 aromatic rings. The van der Waals surface area contributed by atoms with Crippen LogP contribution in [0.4, 0.5) is 4.39 Å². The molecule has 1 aromatic carbocycles. The Bertz CT molecular complexity index is 486. The van der Waals surface area contributed by atoms with E-state index in [1.807, 2.05) is 12.1 Å². The molecule has 0 aromatic heterocycles. The van der Waals surface area contributed by atoms with Gasteiger partial charge in [-0.05, 0) is 29.2 Å². The van der Waals surface area contributed by atoms with E-state index in [1.54, 1.807) is 12.1 Å². The van der Waals surface area contributed by atoms with E-state index in [9.17, 15) is 4.39 Å². The van der Waals surface area contributed by atoms with Crippen LogP contribution in [0, 0.1) is 5.82 Å². The highest BCUT2D eigenvalue weighted by atomic mass is 31.1. The molecule has 2 rings (SSSR count). The fourth-order valence-corrected chi connectivity index (χ4v) is 21.6. The zero-order chi connectivity index (χ0) is 14.4. The Morgan fingerprint density at radius 3 is 1.84 bits per heavy atom. The van der Waals surface area contributed by atoms with Crippen LogP contribution >= 0.6 is 8.07 Å². The molecule has 1 nitrogen and oxygen atoms in total. The second kappa shape index (κ2) is 4.90. The first-order valence-corrected chi connectivity index (χ1v) is 15.3. The van der Waals surface area contributed by atoms with E-state index < -0.39 is 16.1 Å². The van der Waals surface area contributed by atoms with E-state index in [2.05, 4.69) is 39.3 Å². The third-order valence-corrected chi connectivity index (χ3v) is 19.5. The van der Waals surface area contributed by atoms with Gasteiger partial charge in [0.25, 0.3) is 0 Å². The maximum absolute atomic E-state index is 13.0. The van der Waals surface area contributed by atoms with Crippen molar-refractivity contribution < 1.29 is 4.39 Å². The Balaban J connectivity index is 2.20. The lowest BCUT2D eigenvalue weighted by atomic mass is 10.2. The quantitative estimate of drug-likeness (QED) is 0.541. The molecular weight excluding hydrogens is 288 g/mol. The summed E-state index contributed by atoms with van der Waals surface area (Å²) in [4.78, 5) is 0.829. The summed E-state index contributed by atoms with van der Waals surface area (Å²) in [6.07, 6.45) is 0. The first-order valence-electron chi connectivity index (χ1n) is 6.74. The monoisotopic (exact) mass is 311 g/mol. The van der Waals surface area contributed by atoms with Crippen molar-refractivity contribution >= 4 is 29.7 Å². The number of benzene rings is 1. The molecule has 0 saturated heterocycles. The predicted octanol–water partition coefficient (Wildman–Crippen LogP) is 5.11. The molecule has 0 amide bonds. The van der Waals surface area contributed by atoms with Crippen molar-refractivity contribution in [2.75, 3.05) is 0 Å². The topological polar surface area (TPSA) is 12.4 Å². The number of nitrogens with zero attached hydrogens (tertiary/aromatic N) is 1. The molecule has 0 N–H and O–H groups in total. The van der Waals surface area contributed by atoms with Crippen LogP contribution in [0.5, 0.6) is 0 Å². The fourth-order valence-electron chi connectivity index (χ4n) is 3.08. The van der Waals surface area contributed by atoms with Crippen LogP contribution in [-0.2, 0) is 0 Å². The first-order chi connectivity index (χ1) is 8.60. The third kappa shape index (κ3) is 3.42. The minimum Gasteiger partial charge on any atom is -0.253 e. The van der Waals surface area contributed by atoms with Gasteiger partial charge in [-0.2, -0.15) is 0 Å². The molecule has 5 heteroatoms. The van der Waals surface area contributed by atoms with Crippen LogP contribution in [-0.4, -0.2) is 26.5 Å². The summed E-state index contributed by atoms with van der Waals surface area (Å²) in [5.74, 6) is -0.165. The van der Waals surface area contributed by atoms with Crippen molar-refractivity contribution in [1.29, 1.82) is 0 Å². The summed E-state index contributed by atoms with van der Waals surface area (Å²) in [6.45, 7) is 14.8. The molecule has 19 heavy (non-hydrogen) atoms. The van der Waals surface area contributed by atoms with Crippen LogP contribution in [0.3, 0.4) is 0 Å². The highest BCUT2D eigenvalue weighted by molar-refractivity contribution is 7.87. The van der Waals surface area contributed by atoms with Gasteiger partial charge in [-0.3, -0.25) is 4.76 Å². The molecule has 1 aliphatic heterocycles. The van der Waals surface area contributed by atoms with Crippen molar-refractivity contribution in [3.8, 4) is 0 Å². The fraction of sp³-hybridized carbons (Fsp3) is 0.500. The van der Waals surface area contributed by atoms with Gasteiger partial charge in [0.15, 0.2) is 0 Å².